The van der Waals surface area contributed by atoms with Gasteiger partial charge in [0, 0.05) is 6.42 Å². The van der Waals surface area contributed by atoms with Crippen molar-refractivity contribution in [2.75, 3.05) is 6.54 Å². The van der Waals surface area contributed by atoms with Gasteiger partial charge in [0.15, 0.2) is 0 Å². The Labute approximate surface area is 121 Å². The number of benzene rings is 1. The van der Waals surface area contributed by atoms with Gasteiger partial charge in [0.1, 0.15) is 5.82 Å². The van der Waals surface area contributed by atoms with E-state index in [9.17, 15) is 0 Å². The SMILES string of the molecule is CCCc1nc2ccc(C(CN)C3CCCC3)cc2[nH]1. The first-order chi connectivity index (χ1) is 9.81. The molecule has 0 amide bonds. The summed E-state index contributed by atoms with van der Waals surface area (Å²) in [6.45, 7) is 2.94. The van der Waals surface area contributed by atoms with Crippen LogP contribution in [0, 0.1) is 5.92 Å². The molecule has 2 aromatic rings. The first kappa shape index (κ1) is 13.6. The van der Waals surface area contributed by atoms with Crippen LogP contribution in [0.5, 0.6) is 0 Å². The van der Waals surface area contributed by atoms with Crippen LogP contribution < -0.4 is 5.73 Å². The van der Waals surface area contributed by atoms with E-state index in [0.29, 0.717) is 5.92 Å². The molecule has 1 aliphatic rings. The van der Waals surface area contributed by atoms with Crippen molar-refractivity contribution >= 4 is 11.0 Å². The summed E-state index contributed by atoms with van der Waals surface area (Å²) < 4.78 is 0. The Morgan fingerprint density at radius 1 is 1.35 bits per heavy atom. The third kappa shape index (κ3) is 2.59. The molecule has 108 valence electrons. The van der Waals surface area contributed by atoms with Crippen molar-refractivity contribution in [2.45, 2.75) is 51.4 Å². The average Bonchev–Trinajstić information content (AvgIpc) is 3.08. The van der Waals surface area contributed by atoms with Crippen LogP contribution in [0.3, 0.4) is 0 Å². The summed E-state index contributed by atoms with van der Waals surface area (Å²) in [6.07, 6.45) is 7.56. The molecule has 3 heteroatoms. The number of rotatable bonds is 5. The lowest BCUT2D eigenvalue weighted by Gasteiger charge is -2.22. The summed E-state index contributed by atoms with van der Waals surface area (Å²) in [4.78, 5) is 8.09. The molecule has 0 spiro atoms. The molecule has 1 aromatic heterocycles. The number of nitrogens with zero attached hydrogens (tertiary/aromatic N) is 1. The lowest BCUT2D eigenvalue weighted by Crippen LogP contribution is -2.19. The topological polar surface area (TPSA) is 54.7 Å². The van der Waals surface area contributed by atoms with E-state index in [4.69, 9.17) is 5.73 Å². The number of aromatic amines is 1. The number of nitrogens with two attached hydrogens (primary N) is 1. The number of H-pyrrole nitrogens is 1. The molecular formula is C17H25N3. The first-order valence-electron chi connectivity index (χ1n) is 8.00. The summed E-state index contributed by atoms with van der Waals surface area (Å²) in [5.74, 6) is 2.39. The monoisotopic (exact) mass is 271 g/mol. The number of imidazole rings is 1. The summed E-state index contributed by atoms with van der Waals surface area (Å²) in [7, 11) is 0. The molecule has 1 aromatic carbocycles. The maximum Gasteiger partial charge on any atom is 0.107 e. The molecule has 0 radical (unpaired) electrons. The Morgan fingerprint density at radius 3 is 2.85 bits per heavy atom. The fourth-order valence-corrected chi connectivity index (χ4v) is 3.63. The van der Waals surface area contributed by atoms with Gasteiger partial charge in [0.25, 0.3) is 0 Å². The van der Waals surface area contributed by atoms with Crippen LogP contribution in [0.2, 0.25) is 0 Å². The van der Waals surface area contributed by atoms with Gasteiger partial charge in [-0.25, -0.2) is 4.98 Å². The zero-order valence-corrected chi connectivity index (χ0v) is 12.4. The smallest absolute Gasteiger partial charge is 0.107 e. The number of fused-ring (bicyclic) bond motifs is 1. The normalized spacial score (nSPS) is 17.9. The van der Waals surface area contributed by atoms with Gasteiger partial charge in [-0.05, 0) is 55.3 Å². The highest BCUT2D eigenvalue weighted by molar-refractivity contribution is 5.76. The van der Waals surface area contributed by atoms with E-state index in [0.717, 1.165) is 36.6 Å². The molecule has 0 saturated heterocycles. The zero-order chi connectivity index (χ0) is 13.9. The number of nitrogens with one attached hydrogen (secondary N) is 1. The second-order valence-corrected chi connectivity index (χ2v) is 6.10. The highest BCUT2D eigenvalue weighted by Crippen LogP contribution is 2.37. The molecule has 0 aliphatic heterocycles. The van der Waals surface area contributed by atoms with Crippen LogP contribution in [0.1, 0.15) is 56.3 Å². The third-order valence-electron chi connectivity index (χ3n) is 4.69. The minimum atomic E-state index is 0.514. The summed E-state index contributed by atoms with van der Waals surface area (Å²) in [5, 5.41) is 0. The molecular weight excluding hydrogens is 246 g/mol. The van der Waals surface area contributed by atoms with E-state index >= 15 is 0 Å². The molecule has 1 heterocycles. The van der Waals surface area contributed by atoms with Crippen molar-refractivity contribution in [3.8, 4) is 0 Å². The Morgan fingerprint density at radius 2 is 2.15 bits per heavy atom. The molecule has 1 atom stereocenters. The standard InChI is InChI=1S/C17H25N3/c1-2-5-17-19-15-9-8-13(10-16(15)20-17)14(11-18)12-6-3-4-7-12/h8-10,12,14H,2-7,11,18H2,1H3,(H,19,20). The van der Waals surface area contributed by atoms with Gasteiger partial charge in [0.2, 0.25) is 0 Å². The van der Waals surface area contributed by atoms with Crippen molar-refractivity contribution in [3.63, 3.8) is 0 Å². The first-order valence-corrected chi connectivity index (χ1v) is 8.00. The van der Waals surface area contributed by atoms with Crippen LogP contribution in [0.25, 0.3) is 11.0 Å². The van der Waals surface area contributed by atoms with Gasteiger partial charge in [-0.2, -0.15) is 0 Å². The quantitative estimate of drug-likeness (QED) is 0.870. The summed E-state index contributed by atoms with van der Waals surface area (Å²) >= 11 is 0. The van der Waals surface area contributed by atoms with Crippen LogP contribution >= 0.6 is 0 Å². The second-order valence-electron chi connectivity index (χ2n) is 6.10. The van der Waals surface area contributed by atoms with Gasteiger partial charge in [-0.3, -0.25) is 0 Å². The maximum absolute atomic E-state index is 6.06. The van der Waals surface area contributed by atoms with Gasteiger partial charge >= 0.3 is 0 Å². The van der Waals surface area contributed by atoms with Crippen molar-refractivity contribution in [2.24, 2.45) is 11.7 Å². The maximum atomic E-state index is 6.06. The zero-order valence-electron chi connectivity index (χ0n) is 12.4. The van der Waals surface area contributed by atoms with Crippen LogP contribution in [-0.4, -0.2) is 16.5 Å². The highest BCUT2D eigenvalue weighted by atomic mass is 14.9. The third-order valence-corrected chi connectivity index (χ3v) is 4.69. The summed E-state index contributed by atoms with van der Waals surface area (Å²) in [6, 6.07) is 6.66. The molecule has 1 fully saturated rings. The molecule has 0 bridgehead atoms. The van der Waals surface area contributed by atoms with Crippen molar-refractivity contribution in [3.05, 3.63) is 29.6 Å². The van der Waals surface area contributed by atoms with E-state index < -0.39 is 0 Å². The number of aromatic nitrogens is 2. The van der Waals surface area contributed by atoms with Crippen LogP contribution in [0.4, 0.5) is 0 Å². The highest BCUT2D eigenvalue weighted by Gasteiger charge is 2.25. The minimum Gasteiger partial charge on any atom is -0.342 e. The predicted octanol–water partition coefficient (Wildman–Crippen LogP) is 3.75. The van der Waals surface area contributed by atoms with Gasteiger partial charge in [-0.15, -0.1) is 0 Å². The number of aryl methyl sites for hydroxylation is 1. The lowest BCUT2D eigenvalue weighted by atomic mass is 9.85. The molecule has 3 rings (SSSR count). The largest absolute Gasteiger partial charge is 0.342 e. The lowest BCUT2D eigenvalue weighted by molar-refractivity contribution is 0.440. The van der Waals surface area contributed by atoms with Crippen molar-refractivity contribution in [1.82, 2.24) is 9.97 Å². The Kier molecular flexibility index (Phi) is 4.06. The minimum absolute atomic E-state index is 0.514. The molecule has 1 unspecified atom stereocenters. The Balaban J connectivity index is 1.90. The van der Waals surface area contributed by atoms with Crippen molar-refractivity contribution < 1.29 is 0 Å². The van der Waals surface area contributed by atoms with Crippen LogP contribution in [0.15, 0.2) is 18.2 Å². The molecule has 3 nitrogen and oxygen atoms in total. The van der Waals surface area contributed by atoms with E-state index in [1.807, 2.05) is 0 Å². The molecule has 1 saturated carbocycles. The molecule has 1 aliphatic carbocycles. The Bertz CT molecular complexity index is 567. The van der Waals surface area contributed by atoms with E-state index in [1.165, 1.54) is 36.8 Å². The molecule has 20 heavy (non-hydrogen) atoms. The second kappa shape index (κ2) is 5.96. The van der Waals surface area contributed by atoms with E-state index in [1.54, 1.807) is 0 Å². The number of hydrogen-bond donors (Lipinski definition) is 2. The average molecular weight is 271 g/mol. The molecule has 3 N–H and O–H groups in total. The van der Waals surface area contributed by atoms with Gasteiger partial charge in [0.05, 0.1) is 11.0 Å². The Hall–Kier alpha value is -1.35. The van der Waals surface area contributed by atoms with Gasteiger partial charge in [-0.1, -0.05) is 25.8 Å². The summed E-state index contributed by atoms with van der Waals surface area (Å²) in [5.41, 5.74) is 9.70. The predicted molar refractivity (Wildman–Crippen MR) is 83.8 cm³/mol. The van der Waals surface area contributed by atoms with Crippen LogP contribution in [-0.2, 0) is 6.42 Å². The fourth-order valence-electron chi connectivity index (χ4n) is 3.63. The van der Waals surface area contributed by atoms with Gasteiger partial charge < -0.3 is 10.7 Å². The number of hydrogen-bond acceptors (Lipinski definition) is 2. The van der Waals surface area contributed by atoms with Crippen molar-refractivity contribution in [1.29, 1.82) is 0 Å². The fraction of sp³-hybridized carbons (Fsp3) is 0.588. The van der Waals surface area contributed by atoms with E-state index in [-0.39, 0.29) is 0 Å². The van der Waals surface area contributed by atoms with E-state index in [2.05, 4.69) is 35.1 Å².